The Bertz CT molecular complexity index is 402. The lowest BCUT2D eigenvalue weighted by atomic mass is 9.93. The second-order valence-electron chi connectivity index (χ2n) is 6.12. The molecule has 3 heteroatoms. The average Bonchev–Trinajstić information content (AvgIpc) is 2.77. The minimum Gasteiger partial charge on any atom is -0.351 e. The maximum atomic E-state index is 6.19. The molecule has 3 rings (SSSR count). The van der Waals surface area contributed by atoms with Crippen molar-refractivity contribution < 1.29 is 0 Å². The van der Waals surface area contributed by atoms with Crippen LogP contribution >= 0.6 is 0 Å². The van der Waals surface area contributed by atoms with Crippen LogP contribution in [0.25, 0.3) is 0 Å². The molecule has 1 aliphatic heterocycles. The van der Waals surface area contributed by atoms with Crippen molar-refractivity contribution in [2.75, 3.05) is 20.1 Å². The van der Waals surface area contributed by atoms with Gasteiger partial charge in [-0.15, -0.1) is 0 Å². The minimum atomic E-state index is 0.285. The fourth-order valence-electron chi connectivity index (χ4n) is 3.49. The largest absolute Gasteiger partial charge is 0.351 e. The molecule has 0 amide bonds. The lowest BCUT2D eigenvalue weighted by Crippen LogP contribution is -2.32. The SMILES string of the molecule is CN1CCC(Cn2ccc3c2CCCC3N)CC1. The summed E-state index contributed by atoms with van der Waals surface area (Å²) in [6, 6.07) is 2.54. The first-order chi connectivity index (χ1) is 8.74. The Morgan fingerprint density at radius 2 is 2.06 bits per heavy atom. The van der Waals surface area contributed by atoms with E-state index < -0.39 is 0 Å². The van der Waals surface area contributed by atoms with Crippen LogP contribution in [0.2, 0.25) is 0 Å². The highest BCUT2D eigenvalue weighted by Crippen LogP contribution is 2.30. The van der Waals surface area contributed by atoms with Gasteiger partial charge in [0.05, 0.1) is 0 Å². The summed E-state index contributed by atoms with van der Waals surface area (Å²) in [4.78, 5) is 2.44. The predicted octanol–water partition coefficient (Wildman–Crippen LogP) is 2.17. The summed E-state index contributed by atoms with van der Waals surface area (Å²) >= 11 is 0. The van der Waals surface area contributed by atoms with Gasteiger partial charge in [-0.05, 0) is 69.8 Å². The van der Waals surface area contributed by atoms with Crippen molar-refractivity contribution in [2.45, 2.75) is 44.7 Å². The molecule has 0 aromatic carbocycles. The number of nitrogens with zero attached hydrogens (tertiary/aromatic N) is 2. The van der Waals surface area contributed by atoms with Crippen molar-refractivity contribution in [2.24, 2.45) is 11.7 Å². The number of likely N-dealkylation sites (tertiary alicyclic amines) is 1. The van der Waals surface area contributed by atoms with E-state index in [1.54, 1.807) is 0 Å². The van der Waals surface area contributed by atoms with Gasteiger partial charge < -0.3 is 15.2 Å². The zero-order chi connectivity index (χ0) is 12.5. The third-order valence-electron chi connectivity index (χ3n) is 4.74. The lowest BCUT2D eigenvalue weighted by Gasteiger charge is -2.30. The molecule has 18 heavy (non-hydrogen) atoms. The van der Waals surface area contributed by atoms with Crippen molar-refractivity contribution >= 4 is 0 Å². The summed E-state index contributed by atoms with van der Waals surface area (Å²) in [6.07, 6.45) is 8.60. The highest BCUT2D eigenvalue weighted by molar-refractivity contribution is 5.28. The van der Waals surface area contributed by atoms with Gasteiger partial charge in [-0.3, -0.25) is 0 Å². The molecule has 0 spiro atoms. The first-order valence-electron chi connectivity index (χ1n) is 7.36. The van der Waals surface area contributed by atoms with Crippen LogP contribution in [0.4, 0.5) is 0 Å². The molecule has 0 radical (unpaired) electrons. The summed E-state index contributed by atoms with van der Waals surface area (Å²) in [5, 5.41) is 0. The Morgan fingerprint density at radius 3 is 2.83 bits per heavy atom. The third-order valence-corrected chi connectivity index (χ3v) is 4.74. The standard InChI is InChI=1S/C15H25N3/c1-17-8-5-12(6-9-17)11-18-10-7-13-14(16)3-2-4-15(13)18/h7,10,12,14H,2-6,8-9,11,16H2,1H3. The molecular weight excluding hydrogens is 222 g/mol. The number of hydrogen-bond acceptors (Lipinski definition) is 2. The van der Waals surface area contributed by atoms with Crippen molar-refractivity contribution in [1.29, 1.82) is 0 Å². The van der Waals surface area contributed by atoms with Gasteiger partial charge in [0.1, 0.15) is 0 Å². The fraction of sp³-hybridized carbons (Fsp3) is 0.733. The van der Waals surface area contributed by atoms with Gasteiger partial charge in [0.15, 0.2) is 0 Å². The zero-order valence-electron chi connectivity index (χ0n) is 11.4. The molecule has 2 N–H and O–H groups in total. The van der Waals surface area contributed by atoms with Crippen molar-refractivity contribution in [3.63, 3.8) is 0 Å². The van der Waals surface area contributed by atoms with Crippen molar-refractivity contribution in [3.05, 3.63) is 23.5 Å². The second-order valence-corrected chi connectivity index (χ2v) is 6.12. The van der Waals surface area contributed by atoms with Gasteiger partial charge in [-0.1, -0.05) is 0 Å². The topological polar surface area (TPSA) is 34.2 Å². The Morgan fingerprint density at radius 1 is 1.28 bits per heavy atom. The first kappa shape index (κ1) is 12.2. The van der Waals surface area contributed by atoms with Gasteiger partial charge in [0, 0.05) is 24.5 Å². The third kappa shape index (κ3) is 2.34. The van der Waals surface area contributed by atoms with Gasteiger partial charge in [-0.2, -0.15) is 0 Å². The zero-order valence-corrected chi connectivity index (χ0v) is 11.4. The van der Waals surface area contributed by atoms with Gasteiger partial charge >= 0.3 is 0 Å². The smallest absolute Gasteiger partial charge is 0.0312 e. The number of nitrogens with two attached hydrogens (primary N) is 1. The van der Waals surface area contributed by atoms with E-state index in [1.807, 2.05) is 0 Å². The Kier molecular flexibility index (Phi) is 3.44. The molecular formula is C15H25N3. The monoisotopic (exact) mass is 247 g/mol. The Hall–Kier alpha value is -0.800. The molecule has 1 aromatic rings. The van der Waals surface area contributed by atoms with E-state index in [1.165, 1.54) is 56.6 Å². The predicted molar refractivity (Wildman–Crippen MR) is 74.5 cm³/mol. The Labute approximate surface area is 110 Å². The molecule has 1 atom stereocenters. The maximum absolute atomic E-state index is 6.19. The molecule has 0 bridgehead atoms. The molecule has 3 nitrogen and oxygen atoms in total. The average molecular weight is 247 g/mol. The lowest BCUT2D eigenvalue weighted by molar-refractivity contribution is 0.204. The van der Waals surface area contributed by atoms with Crippen molar-refractivity contribution in [1.82, 2.24) is 9.47 Å². The summed E-state index contributed by atoms with van der Waals surface area (Å²) < 4.78 is 2.49. The number of piperidine rings is 1. The van der Waals surface area contributed by atoms with Crippen LogP contribution in [-0.2, 0) is 13.0 Å². The van der Waals surface area contributed by atoms with Crippen LogP contribution in [0.1, 0.15) is 43.0 Å². The summed E-state index contributed by atoms with van der Waals surface area (Å²) in [5.41, 5.74) is 9.12. The molecule has 100 valence electrons. The second kappa shape index (κ2) is 5.06. The Balaban J connectivity index is 1.70. The minimum absolute atomic E-state index is 0.285. The number of rotatable bonds is 2. The van der Waals surface area contributed by atoms with E-state index in [0.29, 0.717) is 0 Å². The van der Waals surface area contributed by atoms with E-state index >= 15 is 0 Å². The fourth-order valence-corrected chi connectivity index (χ4v) is 3.49. The quantitative estimate of drug-likeness (QED) is 0.869. The van der Waals surface area contributed by atoms with Crippen LogP contribution < -0.4 is 5.73 Å². The van der Waals surface area contributed by atoms with E-state index in [4.69, 9.17) is 5.73 Å². The number of fused-ring (bicyclic) bond motifs is 1. The van der Waals surface area contributed by atoms with Crippen molar-refractivity contribution in [3.8, 4) is 0 Å². The molecule has 1 saturated heterocycles. The molecule has 0 saturated carbocycles. The van der Waals surface area contributed by atoms with E-state index in [0.717, 1.165) is 12.3 Å². The normalized spacial score (nSPS) is 26.2. The molecule has 1 aromatic heterocycles. The van der Waals surface area contributed by atoms with E-state index in [9.17, 15) is 0 Å². The number of hydrogen-bond donors (Lipinski definition) is 1. The van der Waals surface area contributed by atoms with Crippen LogP contribution in [-0.4, -0.2) is 29.6 Å². The van der Waals surface area contributed by atoms with Gasteiger partial charge in [0.2, 0.25) is 0 Å². The van der Waals surface area contributed by atoms with Gasteiger partial charge in [-0.25, -0.2) is 0 Å². The molecule has 1 unspecified atom stereocenters. The summed E-state index contributed by atoms with van der Waals surface area (Å²) in [6.45, 7) is 3.72. The van der Waals surface area contributed by atoms with Crippen LogP contribution in [0.5, 0.6) is 0 Å². The molecule has 1 fully saturated rings. The van der Waals surface area contributed by atoms with E-state index in [2.05, 4.69) is 28.8 Å². The maximum Gasteiger partial charge on any atom is 0.0312 e. The molecule has 1 aliphatic carbocycles. The van der Waals surface area contributed by atoms with Crippen LogP contribution in [0.3, 0.4) is 0 Å². The first-order valence-corrected chi connectivity index (χ1v) is 7.36. The number of aromatic nitrogens is 1. The molecule has 2 heterocycles. The highest BCUT2D eigenvalue weighted by atomic mass is 15.1. The molecule has 2 aliphatic rings. The van der Waals surface area contributed by atoms with Crippen LogP contribution in [0.15, 0.2) is 12.3 Å². The van der Waals surface area contributed by atoms with E-state index in [-0.39, 0.29) is 6.04 Å². The summed E-state index contributed by atoms with van der Waals surface area (Å²) in [7, 11) is 2.23. The summed E-state index contributed by atoms with van der Waals surface area (Å²) in [5.74, 6) is 0.857. The highest BCUT2D eigenvalue weighted by Gasteiger charge is 2.22. The van der Waals surface area contributed by atoms with Crippen LogP contribution in [0, 0.1) is 5.92 Å². The van der Waals surface area contributed by atoms with Gasteiger partial charge in [0.25, 0.3) is 0 Å².